The van der Waals surface area contributed by atoms with E-state index >= 15 is 0 Å². The molecule has 0 unspecified atom stereocenters. The zero-order chi connectivity index (χ0) is 14.0. The minimum Gasteiger partial charge on any atom is -0.389 e. The summed E-state index contributed by atoms with van der Waals surface area (Å²) >= 11 is 11.6. The highest BCUT2D eigenvalue weighted by molar-refractivity contribution is 7.80. The van der Waals surface area contributed by atoms with Crippen LogP contribution in [0.25, 0.3) is 0 Å². The fourth-order valence-corrected chi connectivity index (χ4v) is 2.46. The van der Waals surface area contributed by atoms with Crippen LogP contribution in [0.3, 0.4) is 0 Å². The molecule has 0 saturated heterocycles. The summed E-state index contributed by atoms with van der Waals surface area (Å²) in [5, 5.41) is 2.46. The Kier molecular flexibility index (Phi) is 4.14. The molecule has 1 aromatic carbocycles. The lowest BCUT2D eigenvalue weighted by atomic mass is 10.2. The van der Waals surface area contributed by atoms with E-state index in [0.717, 1.165) is 11.3 Å². The van der Waals surface area contributed by atoms with E-state index in [0.29, 0.717) is 14.8 Å². The molecule has 3 nitrogen and oxygen atoms in total. The Morgan fingerprint density at radius 1 is 1.37 bits per heavy atom. The molecule has 0 bridgehead atoms. The molecule has 0 aliphatic rings. The van der Waals surface area contributed by atoms with Crippen molar-refractivity contribution in [3.8, 4) is 0 Å². The van der Waals surface area contributed by atoms with Gasteiger partial charge in [0.15, 0.2) is 0 Å². The van der Waals surface area contributed by atoms with Crippen molar-refractivity contribution in [1.29, 1.82) is 0 Å². The predicted molar refractivity (Wildman–Crippen MR) is 79.6 cm³/mol. The number of rotatable bonds is 3. The molecule has 19 heavy (non-hydrogen) atoms. The molecular weight excluding hydrogens is 307 g/mol. The van der Waals surface area contributed by atoms with Gasteiger partial charge < -0.3 is 11.1 Å². The van der Waals surface area contributed by atoms with E-state index in [9.17, 15) is 9.18 Å². The standard InChI is InChI=1S/C12H8ClFN2OS2/c13-10-4-3-9(19-10)12(17)16-8-2-1-6(11(15)18)5-7(8)14/h1-5H,(H2,15,18)(H,16,17). The number of nitrogens with two attached hydrogens (primary N) is 1. The molecule has 0 aliphatic heterocycles. The van der Waals surface area contributed by atoms with Crippen molar-refractivity contribution in [3.63, 3.8) is 0 Å². The minimum atomic E-state index is -0.596. The lowest BCUT2D eigenvalue weighted by Crippen LogP contribution is -2.13. The van der Waals surface area contributed by atoms with Gasteiger partial charge in [-0.3, -0.25) is 4.79 Å². The number of carbonyl (C=O) groups is 1. The summed E-state index contributed by atoms with van der Waals surface area (Å²) in [5.41, 5.74) is 5.86. The summed E-state index contributed by atoms with van der Waals surface area (Å²) in [6.45, 7) is 0. The first-order valence-corrected chi connectivity index (χ1v) is 6.73. The zero-order valence-electron chi connectivity index (χ0n) is 9.44. The highest BCUT2D eigenvalue weighted by Crippen LogP contribution is 2.23. The number of thiocarbonyl (C=S) groups is 1. The second kappa shape index (κ2) is 5.64. The Morgan fingerprint density at radius 2 is 2.11 bits per heavy atom. The maximum absolute atomic E-state index is 13.7. The number of carbonyl (C=O) groups excluding carboxylic acids is 1. The second-order valence-electron chi connectivity index (χ2n) is 3.62. The van der Waals surface area contributed by atoms with Crippen LogP contribution in [-0.4, -0.2) is 10.9 Å². The third kappa shape index (κ3) is 3.28. The minimum absolute atomic E-state index is 0.0644. The summed E-state index contributed by atoms with van der Waals surface area (Å²) in [4.78, 5) is 12.3. The topological polar surface area (TPSA) is 55.1 Å². The number of halogens is 2. The Balaban J connectivity index is 2.20. The van der Waals surface area contributed by atoms with Crippen LogP contribution < -0.4 is 11.1 Å². The normalized spacial score (nSPS) is 10.2. The van der Waals surface area contributed by atoms with Crippen LogP contribution in [0.1, 0.15) is 15.2 Å². The summed E-state index contributed by atoms with van der Waals surface area (Å²) in [6.07, 6.45) is 0. The Hall–Kier alpha value is -1.50. The molecule has 2 rings (SSSR count). The van der Waals surface area contributed by atoms with Gasteiger partial charge in [0.25, 0.3) is 5.91 Å². The van der Waals surface area contributed by atoms with Gasteiger partial charge in [-0.15, -0.1) is 11.3 Å². The summed E-state index contributed by atoms with van der Waals surface area (Å²) < 4.78 is 14.2. The van der Waals surface area contributed by atoms with E-state index in [1.54, 1.807) is 18.2 Å². The van der Waals surface area contributed by atoms with Crippen LogP contribution in [0.2, 0.25) is 4.34 Å². The van der Waals surface area contributed by atoms with E-state index in [2.05, 4.69) is 5.32 Å². The van der Waals surface area contributed by atoms with Crippen molar-refractivity contribution in [3.05, 3.63) is 50.9 Å². The van der Waals surface area contributed by atoms with Gasteiger partial charge >= 0.3 is 0 Å². The Morgan fingerprint density at radius 3 is 2.63 bits per heavy atom. The second-order valence-corrected chi connectivity index (χ2v) is 5.77. The number of amides is 1. The SMILES string of the molecule is NC(=S)c1ccc(NC(=O)c2ccc(Cl)s2)c(F)c1. The number of nitrogens with one attached hydrogen (secondary N) is 1. The Labute approximate surface area is 123 Å². The number of anilines is 1. The van der Waals surface area contributed by atoms with Gasteiger partial charge in [-0.25, -0.2) is 4.39 Å². The molecular formula is C12H8ClFN2OS2. The van der Waals surface area contributed by atoms with Gasteiger partial charge in [0.2, 0.25) is 0 Å². The first-order chi connectivity index (χ1) is 8.97. The summed E-state index contributed by atoms with van der Waals surface area (Å²) in [6, 6.07) is 7.32. The first kappa shape index (κ1) is 13.9. The molecule has 0 spiro atoms. The third-order valence-corrected chi connectivity index (χ3v) is 3.76. The summed E-state index contributed by atoms with van der Waals surface area (Å²) in [7, 11) is 0. The maximum Gasteiger partial charge on any atom is 0.265 e. The monoisotopic (exact) mass is 314 g/mol. The smallest absolute Gasteiger partial charge is 0.265 e. The molecule has 0 atom stereocenters. The molecule has 1 aromatic heterocycles. The number of hydrogen-bond acceptors (Lipinski definition) is 3. The van der Waals surface area contributed by atoms with E-state index < -0.39 is 11.7 Å². The van der Waals surface area contributed by atoms with Gasteiger partial charge in [0, 0.05) is 5.56 Å². The van der Waals surface area contributed by atoms with E-state index in [-0.39, 0.29) is 10.7 Å². The molecule has 0 aliphatic carbocycles. The van der Waals surface area contributed by atoms with Gasteiger partial charge in [0.05, 0.1) is 14.9 Å². The van der Waals surface area contributed by atoms with Crippen molar-refractivity contribution >= 4 is 51.7 Å². The first-order valence-electron chi connectivity index (χ1n) is 5.13. The molecule has 1 amide bonds. The van der Waals surface area contributed by atoms with Crippen molar-refractivity contribution in [2.45, 2.75) is 0 Å². The predicted octanol–water partition coefficient (Wildman–Crippen LogP) is 3.43. The molecule has 0 saturated carbocycles. The third-order valence-electron chi connectivity index (χ3n) is 2.30. The molecule has 1 heterocycles. The number of hydrogen-bond donors (Lipinski definition) is 2. The van der Waals surface area contributed by atoms with Gasteiger partial charge in [-0.2, -0.15) is 0 Å². The van der Waals surface area contributed by atoms with Crippen LogP contribution in [0.15, 0.2) is 30.3 Å². The Bertz CT molecular complexity index is 657. The fraction of sp³-hybridized carbons (Fsp3) is 0. The molecule has 3 N–H and O–H groups in total. The highest BCUT2D eigenvalue weighted by atomic mass is 35.5. The number of benzene rings is 1. The summed E-state index contributed by atoms with van der Waals surface area (Å²) in [5.74, 6) is -1.01. The zero-order valence-corrected chi connectivity index (χ0v) is 11.8. The van der Waals surface area contributed by atoms with Crippen molar-refractivity contribution in [1.82, 2.24) is 0 Å². The average molecular weight is 315 g/mol. The fourth-order valence-electron chi connectivity index (χ4n) is 1.39. The molecule has 98 valence electrons. The molecule has 0 fully saturated rings. The lowest BCUT2D eigenvalue weighted by molar-refractivity contribution is 0.103. The maximum atomic E-state index is 13.7. The van der Waals surface area contributed by atoms with Crippen LogP contribution in [-0.2, 0) is 0 Å². The number of thiophene rings is 1. The highest BCUT2D eigenvalue weighted by Gasteiger charge is 2.12. The van der Waals surface area contributed by atoms with Crippen LogP contribution in [0.4, 0.5) is 10.1 Å². The lowest BCUT2D eigenvalue weighted by Gasteiger charge is -2.06. The van der Waals surface area contributed by atoms with Crippen molar-refractivity contribution < 1.29 is 9.18 Å². The van der Waals surface area contributed by atoms with E-state index in [1.807, 2.05) is 0 Å². The molecule has 0 radical (unpaired) electrons. The van der Waals surface area contributed by atoms with E-state index in [1.165, 1.54) is 12.1 Å². The largest absolute Gasteiger partial charge is 0.389 e. The quantitative estimate of drug-likeness (QED) is 0.853. The van der Waals surface area contributed by atoms with Gasteiger partial charge in [-0.05, 0) is 30.3 Å². The van der Waals surface area contributed by atoms with Crippen LogP contribution >= 0.6 is 35.2 Å². The van der Waals surface area contributed by atoms with Crippen molar-refractivity contribution in [2.24, 2.45) is 5.73 Å². The van der Waals surface area contributed by atoms with Gasteiger partial charge in [-0.1, -0.05) is 23.8 Å². The van der Waals surface area contributed by atoms with E-state index in [4.69, 9.17) is 29.6 Å². The van der Waals surface area contributed by atoms with Crippen LogP contribution in [0.5, 0.6) is 0 Å². The molecule has 2 aromatic rings. The molecule has 7 heteroatoms. The van der Waals surface area contributed by atoms with Crippen LogP contribution in [0, 0.1) is 5.82 Å². The average Bonchev–Trinajstić information content (AvgIpc) is 2.78. The van der Waals surface area contributed by atoms with Gasteiger partial charge in [0.1, 0.15) is 10.8 Å². The van der Waals surface area contributed by atoms with Crippen molar-refractivity contribution in [2.75, 3.05) is 5.32 Å².